The summed E-state index contributed by atoms with van der Waals surface area (Å²) in [7, 11) is 2.63. The first-order chi connectivity index (χ1) is 27.6. The molecule has 0 bridgehead atoms. The summed E-state index contributed by atoms with van der Waals surface area (Å²) in [6.07, 6.45) is 6.01. The molecule has 2 unspecified atom stereocenters. The van der Waals surface area contributed by atoms with Gasteiger partial charge in [-0.1, -0.05) is 42.5 Å². The maximum atomic E-state index is 14.3. The SMILES string of the molecule is COC(=O)[C@@H]1CCCC2SCCC(NC(=O)[C@H](CC[C@H](Cc3ccccc3)C(=O)N[C@H]3CCS[C@H]4CCC[C@@H](C(=O)OC)N4C3=O)Cc3ccc(F)cc3)C(=O)N21. The Hall–Kier alpha value is -4.11. The Balaban J connectivity index is 1.21. The Bertz CT molecular complexity index is 1750. The van der Waals surface area contributed by atoms with Crippen LogP contribution < -0.4 is 10.6 Å². The Morgan fingerprint density at radius 3 is 1.54 bits per heavy atom. The molecule has 0 radical (unpaired) electrons. The number of hydrogen-bond acceptors (Lipinski definition) is 10. The van der Waals surface area contributed by atoms with Crippen molar-refractivity contribution in [3.05, 3.63) is 71.5 Å². The number of piperidine rings is 2. The van der Waals surface area contributed by atoms with Crippen molar-refractivity contribution in [2.75, 3.05) is 25.7 Å². The second kappa shape index (κ2) is 20.0. The van der Waals surface area contributed by atoms with E-state index in [0.717, 1.165) is 36.8 Å². The summed E-state index contributed by atoms with van der Waals surface area (Å²) in [4.78, 5) is 85.4. The van der Waals surface area contributed by atoms with Gasteiger partial charge in [-0.15, -0.1) is 23.5 Å². The number of carbonyl (C=O) groups excluding carboxylic acids is 6. The van der Waals surface area contributed by atoms with E-state index in [9.17, 15) is 33.2 Å². The quantitative estimate of drug-likeness (QED) is 0.274. The number of carbonyl (C=O) groups is 6. The highest BCUT2D eigenvalue weighted by Crippen LogP contribution is 2.36. The van der Waals surface area contributed by atoms with Gasteiger partial charge in [-0.3, -0.25) is 19.2 Å². The summed E-state index contributed by atoms with van der Waals surface area (Å²) < 4.78 is 24.0. The predicted octanol–water partition coefficient (Wildman–Crippen LogP) is 4.63. The standard InChI is InChI=1S/C42H53FN4O8S2/c1-54-41(52)33-10-6-12-35-46(33)39(50)31(20-22-56-35)44-37(48)28(24-26-8-4-3-5-9-26)16-17-29(25-27-14-18-30(43)19-15-27)38(49)45-32-21-23-57-36-13-7-11-34(42(53)55-2)47(36)40(32)51/h3-5,8-9,14-15,18-19,28-29,31-36H,6-7,10-13,16-17,20-25H2,1-2H3,(H,44,48)(H,45,49)/t28-,29-,31+,32?,33+,34+,35+,36?/m1/s1. The van der Waals surface area contributed by atoms with Crippen molar-refractivity contribution in [3.8, 4) is 0 Å². The molecule has 2 N–H and O–H groups in total. The van der Waals surface area contributed by atoms with Gasteiger partial charge in [-0.25, -0.2) is 14.0 Å². The number of fused-ring (bicyclic) bond motifs is 2. The van der Waals surface area contributed by atoms with Gasteiger partial charge in [0.05, 0.1) is 25.0 Å². The fourth-order valence-electron chi connectivity index (χ4n) is 8.54. The van der Waals surface area contributed by atoms with Crippen molar-refractivity contribution < 1.29 is 42.6 Å². The van der Waals surface area contributed by atoms with E-state index < -0.39 is 53.8 Å². The molecule has 2 aromatic carbocycles. The minimum absolute atomic E-state index is 0.172. The van der Waals surface area contributed by atoms with Crippen molar-refractivity contribution in [2.24, 2.45) is 11.8 Å². The van der Waals surface area contributed by atoms with E-state index in [1.165, 1.54) is 26.4 Å². The second-order valence-electron chi connectivity index (χ2n) is 15.3. The molecule has 4 aliphatic heterocycles. The summed E-state index contributed by atoms with van der Waals surface area (Å²) in [5, 5.41) is 5.70. The van der Waals surface area contributed by atoms with E-state index in [1.54, 1.807) is 45.5 Å². The van der Waals surface area contributed by atoms with Crippen LogP contribution in [0, 0.1) is 17.7 Å². The van der Waals surface area contributed by atoms with Crippen LogP contribution in [0.4, 0.5) is 4.39 Å². The molecule has 6 rings (SSSR count). The number of thioether (sulfide) groups is 2. The van der Waals surface area contributed by atoms with Gasteiger partial charge in [0, 0.05) is 11.8 Å². The zero-order valence-electron chi connectivity index (χ0n) is 32.6. The van der Waals surface area contributed by atoms with E-state index in [-0.39, 0.29) is 53.6 Å². The van der Waals surface area contributed by atoms with Crippen molar-refractivity contribution in [2.45, 2.75) is 112 Å². The third kappa shape index (κ3) is 10.5. The molecule has 2 aromatic rings. The third-order valence-corrected chi connectivity index (χ3v) is 14.2. The first-order valence-electron chi connectivity index (χ1n) is 20.0. The Morgan fingerprint density at radius 1 is 0.667 bits per heavy atom. The third-order valence-electron chi connectivity index (χ3n) is 11.6. The summed E-state index contributed by atoms with van der Waals surface area (Å²) in [5.74, 6) is -2.71. The number of benzene rings is 2. The number of hydrogen-bond donors (Lipinski definition) is 2. The molecule has 57 heavy (non-hydrogen) atoms. The van der Waals surface area contributed by atoms with E-state index in [1.807, 2.05) is 30.3 Å². The number of nitrogens with zero attached hydrogens (tertiary/aromatic N) is 2. The smallest absolute Gasteiger partial charge is 0.328 e. The van der Waals surface area contributed by atoms with Gasteiger partial charge in [0.2, 0.25) is 23.6 Å². The lowest BCUT2D eigenvalue weighted by Crippen LogP contribution is -2.58. The lowest BCUT2D eigenvalue weighted by Gasteiger charge is -2.40. The Morgan fingerprint density at radius 2 is 1.11 bits per heavy atom. The van der Waals surface area contributed by atoms with Gasteiger partial charge in [0.1, 0.15) is 30.0 Å². The van der Waals surface area contributed by atoms with Gasteiger partial charge in [0.15, 0.2) is 0 Å². The van der Waals surface area contributed by atoms with E-state index in [2.05, 4.69) is 10.6 Å². The molecule has 4 heterocycles. The average molecular weight is 825 g/mol. The van der Waals surface area contributed by atoms with Crippen LogP contribution in [0.3, 0.4) is 0 Å². The number of nitrogens with one attached hydrogen (secondary N) is 2. The van der Waals surface area contributed by atoms with Crippen LogP contribution in [0.25, 0.3) is 0 Å². The Labute approximate surface area is 342 Å². The molecule has 15 heteroatoms. The van der Waals surface area contributed by atoms with Crippen LogP contribution in [0.15, 0.2) is 54.6 Å². The van der Waals surface area contributed by atoms with Gasteiger partial charge in [0.25, 0.3) is 0 Å². The maximum Gasteiger partial charge on any atom is 0.328 e. The van der Waals surface area contributed by atoms with Crippen LogP contribution >= 0.6 is 23.5 Å². The molecule has 0 spiro atoms. The Kier molecular flexibility index (Phi) is 14.9. The van der Waals surface area contributed by atoms with Gasteiger partial charge in [-0.2, -0.15) is 0 Å². The highest BCUT2D eigenvalue weighted by molar-refractivity contribution is 8.00. The first kappa shape index (κ1) is 42.5. The van der Waals surface area contributed by atoms with Gasteiger partial charge >= 0.3 is 11.9 Å². The molecule has 4 fully saturated rings. The molecule has 12 nitrogen and oxygen atoms in total. The van der Waals surface area contributed by atoms with Crippen molar-refractivity contribution in [3.63, 3.8) is 0 Å². The predicted molar refractivity (Wildman–Crippen MR) is 215 cm³/mol. The van der Waals surface area contributed by atoms with Crippen LogP contribution in [0.1, 0.15) is 75.3 Å². The summed E-state index contributed by atoms with van der Waals surface area (Å²) in [6.45, 7) is 0. The monoisotopic (exact) mass is 824 g/mol. The fourth-order valence-corrected chi connectivity index (χ4v) is 11.3. The van der Waals surface area contributed by atoms with Crippen molar-refractivity contribution >= 4 is 59.1 Å². The minimum Gasteiger partial charge on any atom is -0.467 e. The normalized spacial score (nSPS) is 26.1. The zero-order valence-corrected chi connectivity index (χ0v) is 34.2. The van der Waals surface area contributed by atoms with Gasteiger partial charge in [-0.05, 0) is 112 Å². The largest absolute Gasteiger partial charge is 0.467 e. The number of methoxy groups -OCH3 is 2. The van der Waals surface area contributed by atoms with Crippen LogP contribution in [0.2, 0.25) is 0 Å². The summed E-state index contributed by atoms with van der Waals surface area (Å²) >= 11 is 3.22. The average Bonchev–Trinajstić information content (AvgIpc) is 3.49. The zero-order chi connectivity index (χ0) is 40.5. The lowest BCUT2D eigenvalue weighted by molar-refractivity contribution is -0.156. The summed E-state index contributed by atoms with van der Waals surface area (Å²) in [6, 6.07) is 12.4. The maximum absolute atomic E-state index is 14.3. The first-order valence-corrected chi connectivity index (χ1v) is 22.1. The van der Waals surface area contributed by atoms with Crippen LogP contribution in [-0.2, 0) is 51.1 Å². The number of rotatable bonds is 13. The fraction of sp³-hybridized carbons (Fsp3) is 0.571. The van der Waals surface area contributed by atoms with Crippen molar-refractivity contribution in [1.82, 2.24) is 20.4 Å². The van der Waals surface area contributed by atoms with E-state index >= 15 is 0 Å². The molecule has 8 atom stereocenters. The molecule has 4 aliphatic rings. The molecule has 0 aromatic heterocycles. The van der Waals surface area contributed by atoms with Crippen molar-refractivity contribution in [1.29, 1.82) is 0 Å². The molecular formula is C42H53FN4O8S2. The van der Waals surface area contributed by atoms with Gasteiger partial charge < -0.3 is 29.9 Å². The molecular weight excluding hydrogens is 772 g/mol. The molecule has 0 aliphatic carbocycles. The molecule has 4 amide bonds. The number of amides is 4. The highest BCUT2D eigenvalue weighted by atomic mass is 32.2. The minimum atomic E-state index is -0.856. The summed E-state index contributed by atoms with van der Waals surface area (Å²) in [5.41, 5.74) is 1.64. The van der Waals surface area contributed by atoms with E-state index in [0.29, 0.717) is 43.6 Å². The van der Waals surface area contributed by atoms with E-state index in [4.69, 9.17) is 9.47 Å². The topological polar surface area (TPSA) is 151 Å². The van der Waals surface area contributed by atoms with Crippen LogP contribution in [0.5, 0.6) is 0 Å². The second-order valence-corrected chi connectivity index (χ2v) is 17.8. The lowest BCUT2D eigenvalue weighted by atomic mass is 9.86. The highest BCUT2D eigenvalue weighted by Gasteiger charge is 2.45. The number of esters is 2. The van der Waals surface area contributed by atoms with Crippen LogP contribution in [-0.4, -0.2) is 106 Å². The number of halogens is 1. The molecule has 0 saturated carbocycles. The molecule has 4 saturated heterocycles. The number of ether oxygens (including phenoxy) is 2. The molecule has 308 valence electrons.